The Hall–Kier alpha value is -4.17. The summed E-state index contributed by atoms with van der Waals surface area (Å²) in [6.45, 7) is 0. The molecule has 4 N–H and O–H groups in total. The van der Waals surface area contributed by atoms with Crippen LogP contribution in [-0.2, 0) is 9.84 Å². The summed E-state index contributed by atoms with van der Waals surface area (Å²) < 4.78 is 29.8. The van der Waals surface area contributed by atoms with E-state index in [1.807, 2.05) is 0 Å². The molecule has 0 aliphatic heterocycles. The van der Waals surface area contributed by atoms with E-state index in [0.717, 1.165) is 0 Å². The first-order valence-electron chi connectivity index (χ1n) is 9.34. The lowest BCUT2D eigenvalue weighted by Gasteiger charge is -2.07. The molecule has 7 nitrogen and oxygen atoms in total. The smallest absolute Gasteiger partial charge is 0.213 e. The van der Waals surface area contributed by atoms with E-state index in [-0.39, 0.29) is 32.8 Å². The summed E-state index contributed by atoms with van der Waals surface area (Å²) >= 11 is 0. The van der Waals surface area contributed by atoms with Gasteiger partial charge in [0.25, 0.3) is 0 Å². The Morgan fingerprint density at radius 3 is 1.19 bits per heavy atom. The van der Waals surface area contributed by atoms with Crippen molar-refractivity contribution in [2.75, 3.05) is 0 Å². The number of aromatic hydroxyl groups is 4. The Morgan fingerprint density at radius 2 is 0.844 bits per heavy atom. The van der Waals surface area contributed by atoms with E-state index >= 15 is 0 Å². The maximum atomic E-state index is 12.2. The Balaban J connectivity index is 0.000000182. The molecule has 0 fully saturated rings. The summed E-state index contributed by atoms with van der Waals surface area (Å²) in [4.78, 5) is -0.442. The van der Waals surface area contributed by atoms with Crippen LogP contribution in [0.15, 0.2) is 107 Å². The van der Waals surface area contributed by atoms with Gasteiger partial charge in [-0.1, -0.05) is 24.3 Å². The first kappa shape index (κ1) is 22.5. The van der Waals surface area contributed by atoms with Crippen LogP contribution in [0.3, 0.4) is 0 Å². The quantitative estimate of drug-likeness (QED) is 0.350. The van der Waals surface area contributed by atoms with Crippen LogP contribution in [0.2, 0.25) is 0 Å². The standard InChI is InChI=1S/C12H10O4S.C12H10O3/c13-9-5-1-3-7-11(9)17(15,16)12-8-4-2-6-10(12)14;13-9-1-5-11(6-2-9)15-12-7-3-10(14)4-8-12/h1-8,13-14H;1-8,13-14H. The van der Waals surface area contributed by atoms with Crippen molar-refractivity contribution < 1.29 is 33.6 Å². The van der Waals surface area contributed by atoms with Crippen molar-refractivity contribution in [3.8, 4) is 34.5 Å². The molecule has 0 aliphatic carbocycles. The topological polar surface area (TPSA) is 124 Å². The molecule has 8 heteroatoms. The zero-order valence-corrected chi connectivity index (χ0v) is 17.5. The summed E-state index contributed by atoms with van der Waals surface area (Å²) in [5.74, 6) is 1.00. The number of hydrogen-bond donors (Lipinski definition) is 4. The molecular formula is C24H20O7S. The van der Waals surface area contributed by atoms with Gasteiger partial charge in [0.15, 0.2) is 0 Å². The lowest BCUT2D eigenvalue weighted by atomic mass is 10.3. The Labute approximate surface area is 185 Å². The van der Waals surface area contributed by atoms with E-state index in [1.165, 1.54) is 48.5 Å². The number of phenols is 4. The summed E-state index contributed by atoms with van der Waals surface area (Å²) in [7, 11) is -3.90. The van der Waals surface area contributed by atoms with Gasteiger partial charge < -0.3 is 25.2 Å². The normalized spacial score (nSPS) is 10.6. The largest absolute Gasteiger partial charge is 0.508 e. The number of rotatable bonds is 4. The maximum absolute atomic E-state index is 12.2. The lowest BCUT2D eigenvalue weighted by Crippen LogP contribution is -2.02. The Bertz CT molecular complexity index is 1190. The van der Waals surface area contributed by atoms with Crippen LogP contribution in [0.4, 0.5) is 0 Å². The summed E-state index contributed by atoms with van der Waals surface area (Å²) in [5, 5.41) is 37.2. The highest BCUT2D eigenvalue weighted by molar-refractivity contribution is 7.91. The number of ether oxygens (including phenoxy) is 1. The minimum Gasteiger partial charge on any atom is -0.508 e. The van der Waals surface area contributed by atoms with Crippen LogP contribution in [0.5, 0.6) is 34.5 Å². The molecule has 0 saturated carbocycles. The molecule has 0 aromatic heterocycles. The third-order valence-corrected chi connectivity index (χ3v) is 6.07. The van der Waals surface area contributed by atoms with Crippen molar-refractivity contribution in [1.29, 1.82) is 0 Å². The molecule has 0 spiro atoms. The molecule has 164 valence electrons. The van der Waals surface area contributed by atoms with Gasteiger partial charge in [0.1, 0.15) is 44.3 Å². The number of para-hydroxylation sites is 2. The first-order valence-corrected chi connectivity index (χ1v) is 10.8. The van der Waals surface area contributed by atoms with Gasteiger partial charge in [0.2, 0.25) is 9.84 Å². The second-order valence-electron chi connectivity index (χ2n) is 6.53. The van der Waals surface area contributed by atoms with Crippen LogP contribution < -0.4 is 4.74 Å². The molecule has 4 aromatic carbocycles. The van der Waals surface area contributed by atoms with E-state index in [9.17, 15) is 18.6 Å². The van der Waals surface area contributed by atoms with Gasteiger partial charge in [-0.2, -0.15) is 0 Å². The Kier molecular flexibility index (Phi) is 6.87. The van der Waals surface area contributed by atoms with Crippen molar-refractivity contribution in [2.45, 2.75) is 9.79 Å². The lowest BCUT2D eigenvalue weighted by molar-refractivity contribution is 0.453. The molecule has 32 heavy (non-hydrogen) atoms. The molecule has 0 unspecified atom stereocenters. The van der Waals surface area contributed by atoms with Crippen LogP contribution in [0.1, 0.15) is 0 Å². The van der Waals surface area contributed by atoms with Gasteiger partial charge in [0.05, 0.1) is 0 Å². The van der Waals surface area contributed by atoms with Gasteiger partial charge >= 0.3 is 0 Å². The van der Waals surface area contributed by atoms with Crippen molar-refractivity contribution >= 4 is 9.84 Å². The highest BCUT2D eigenvalue weighted by Crippen LogP contribution is 2.32. The molecule has 0 radical (unpaired) electrons. The molecule has 0 amide bonds. The number of hydrogen-bond acceptors (Lipinski definition) is 7. The van der Waals surface area contributed by atoms with E-state index < -0.39 is 9.84 Å². The van der Waals surface area contributed by atoms with Crippen molar-refractivity contribution in [2.24, 2.45) is 0 Å². The average molecular weight is 452 g/mol. The molecule has 0 saturated heterocycles. The van der Waals surface area contributed by atoms with Crippen LogP contribution in [-0.4, -0.2) is 28.8 Å². The second-order valence-corrected chi connectivity index (χ2v) is 8.42. The fourth-order valence-electron chi connectivity index (χ4n) is 2.65. The molecular weight excluding hydrogens is 432 g/mol. The minimum absolute atomic E-state index is 0.202. The number of benzene rings is 4. The van der Waals surface area contributed by atoms with Crippen molar-refractivity contribution in [1.82, 2.24) is 0 Å². The maximum Gasteiger partial charge on any atom is 0.213 e. The molecule has 0 bridgehead atoms. The van der Waals surface area contributed by atoms with Crippen LogP contribution >= 0.6 is 0 Å². The van der Waals surface area contributed by atoms with Crippen LogP contribution in [0.25, 0.3) is 0 Å². The monoisotopic (exact) mass is 452 g/mol. The minimum atomic E-state index is -3.90. The fourth-order valence-corrected chi connectivity index (χ4v) is 4.09. The molecule has 4 aromatic rings. The highest BCUT2D eigenvalue weighted by atomic mass is 32.2. The third-order valence-electron chi connectivity index (χ3n) is 4.22. The second kappa shape index (κ2) is 9.76. The van der Waals surface area contributed by atoms with E-state index in [1.54, 1.807) is 48.5 Å². The molecule has 0 aliphatic rings. The number of phenolic OH excluding ortho intramolecular Hbond substituents is 4. The van der Waals surface area contributed by atoms with Gasteiger partial charge in [-0.25, -0.2) is 8.42 Å². The van der Waals surface area contributed by atoms with Gasteiger partial charge in [-0.05, 0) is 72.8 Å². The fraction of sp³-hybridized carbons (Fsp3) is 0. The third kappa shape index (κ3) is 5.50. The van der Waals surface area contributed by atoms with Gasteiger partial charge in [-0.3, -0.25) is 0 Å². The van der Waals surface area contributed by atoms with Crippen molar-refractivity contribution in [3.05, 3.63) is 97.1 Å². The van der Waals surface area contributed by atoms with E-state index in [4.69, 9.17) is 14.9 Å². The van der Waals surface area contributed by atoms with E-state index in [0.29, 0.717) is 11.5 Å². The first-order chi connectivity index (χ1) is 15.3. The summed E-state index contributed by atoms with van der Waals surface area (Å²) in [6.07, 6.45) is 0. The molecule has 0 atom stereocenters. The summed E-state index contributed by atoms with van der Waals surface area (Å²) in [5.41, 5.74) is 0. The zero-order valence-electron chi connectivity index (χ0n) is 16.7. The van der Waals surface area contributed by atoms with E-state index in [2.05, 4.69) is 0 Å². The Morgan fingerprint density at radius 1 is 0.500 bits per heavy atom. The van der Waals surface area contributed by atoms with Crippen molar-refractivity contribution in [3.63, 3.8) is 0 Å². The SMILES string of the molecule is O=S(=O)(c1ccccc1O)c1ccccc1O.Oc1ccc(Oc2ccc(O)cc2)cc1. The van der Waals surface area contributed by atoms with Crippen LogP contribution in [0, 0.1) is 0 Å². The predicted octanol–water partition coefficient (Wildman–Crippen LogP) is 4.82. The number of sulfone groups is 1. The zero-order chi connectivity index (χ0) is 23.1. The molecule has 4 rings (SSSR count). The summed E-state index contributed by atoms with van der Waals surface area (Å²) in [6, 6.07) is 24.1. The van der Waals surface area contributed by atoms with Gasteiger partial charge in [-0.15, -0.1) is 0 Å². The van der Waals surface area contributed by atoms with Gasteiger partial charge in [0, 0.05) is 0 Å². The molecule has 0 heterocycles. The highest BCUT2D eigenvalue weighted by Gasteiger charge is 2.23. The average Bonchev–Trinajstić information content (AvgIpc) is 2.78. The predicted molar refractivity (Wildman–Crippen MR) is 118 cm³/mol.